The molecule has 23 heavy (non-hydrogen) atoms. The van der Waals surface area contributed by atoms with Crippen molar-refractivity contribution in [3.8, 4) is 11.5 Å². The Labute approximate surface area is 138 Å². The summed E-state index contributed by atoms with van der Waals surface area (Å²) in [5, 5.41) is 5.21. The number of urea groups is 1. The zero-order valence-electron chi connectivity index (χ0n) is 12.9. The number of esters is 1. The highest BCUT2D eigenvalue weighted by molar-refractivity contribution is 6.20. The molecule has 1 aromatic carbocycles. The van der Waals surface area contributed by atoms with E-state index in [0.717, 1.165) is 0 Å². The van der Waals surface area contributed by atoms with Gasteiger partial charge in [0.2, 0.25) is 0 Å². The zero-order valence-corrected chi connectivity index (χ0v) is 13.7. The number of methoxy groups -OCH3 is 3. The minimum Gasteiger partial charge on any atom is -0.493 e. The Morgan fingerprint density at radius 3 is 2.48 bits per heavy atom. The van der Waals surface area contributed by atoms with Gasteiger partial charge in [0.25, 0.3) is 0 Å². The average Bonchev–Trinajstić information content (AvgIpc) is 2.59. The third-order valence-corrected chi connectivity index (χ3v) is 3.70. The van der Waals surface area contributed by atoms with Crippen molar-refractivity contribution in [3.05, 3.63) is 35.0 Å². The van der Waals surface area contributed by atoms with Crippen LogP contribution in [0.3, 0.4) is 0 Å². The fourth-order valence-corrected chi connectivity index (χ4v) is 2.57. The first-order valence-corrected chi connectivity index (χ1v) is 7.25. The van der Waals surface area contributed by atoms with Gasteiger partial charge >= 0.3 is 12.0 Å². The van der Waals surface area contributed by atoms with E-state index in [1.807, 2.05) is 0 Å². The number of halogens is 1. The SMILES string of the molecule is COC(=O)C1=C(CCl)NC(=O)N[C@H]1c1ccc(OC)c(OC)c1. The average molecular weight is 341 g/mol. The van der Waals surface area contributed by atoms with Gasteiger partial charge in [-0.25, -0.2) is 9.59 Å². The van der Waals surface area contributed by atoms with Crippen LogP contribution in [0, 0.1) is 0 Å². The summed E-state index contributed by atoms with van der Waals surface area (Å²) in [6.07, 6.45) is 0. The first kappa shape index (κ1) is 17.0. The molecule has 0 aliphatic carbocycles. The normalized spacial score (nSPS) is 17.2. The van der Waals surface area contributed by atoms with Crippen molar-refractivity contribution in [3.63, 3.8) is 0 Å². The Morgan fingerprint density at radius 1 is 1.22 bits per heavy atom. The monoisotopic (exact) mass is 340 g/mol. The van der Waals surface area contributed by atoms with E-state index in [0.29, 0.717) is 22.8 Å². The molecule has 0 unspecified atom stereocenters. The van der Waals surface area contributed by atoms with Gasteiger partial charge in [-0.05, 0) is 17.7 Å². The smallest absolute Gasteiger partial charge is 0.338 e. The number of carbonyl (C=O) groups excluding carboxylic acids is 2. The molecule has 0 saturated carbocycles. The van der Waals surface area contributed by atoms with E-state index in [2.05, 4.69) is 10.6 Å². The summed E-state index contributed by atoms with van der Waals surface area (Å²) in [6.45, 7) is 0. The first-order valence-electron chi connectivity index (χ1n) is 6.72. The van der Waals surface area contributed by atoms with Gasteiger partial charge in [0, 0.05) is 5.70 Å². The van der Waals surface area contributed by atoms with Gasteiger partial charge < -0.3 is 24.8 Å². The van der Waals surface area contributed by atoms with Crippen molar-refractivity contribution in [1.82, 2.24) is 10.6 Å². The third-order valence-electron chi connectivity index (χ3n) is 3.43. The molecule has 1 aliphatic heterocycles. The number of amides is 2. The fourth-order valence-electron chi connectivity index (χ4n) is 2.36. The molecule has 2 N–H and O–H groups in total. The molecule has 0 saturated heterocycles. The predicted octanol–water partition coefficient (Wildman–Crippen LogP) is 1.72. The highest BCUT2D eigenvalue weighted by Gasteiger charge is 2.33. The number of ether oxygens (including phenoxy) is 3. The molecular weight excluding hydrogens is 324 g/mol. The molecular formula is C15H17ClN2O5. The van der Waals surface area contributed by atoms with Crippen molar-refractivity contribution < 1.29 is 23.8 Å². The minimum absolute atomic E-state index is 0.0261. The lowest BCUT2D eigenvalue weighted by molar-refractivity contribution is -0.136. The number of alkyl halides is 1. The van der Waals surface area contributed by atoms with Crippen LogP contribution in [-0.2, 0) is 9.53 Å². The second-order valence-corrected chi connectivity index (χ2v) is 4.93. The molecule has 1 atom stereocenters. The second kappa shape index (κ2) is 7.23. The number of hydrogen-bond acceptors (Lipinski definition) is 5. The van der Waals surface area contributed by atoms with E-state index < -0.39 is 18.0 Å². The number of rotatable bonds is 5. The lowest BCUT2D eigenvalue weighted by Crippen LogP contribution is -2.46. The Hall–Kier alpha value is -2.41. The molecule has 0 bridgehead atoms. The van der Waals surface area contributed by atoms with Crippen LogP contribution in [0.1, 0.15) is 11.6 Å². The summed E-state index contributed by atoms with van der Waals surface area (Å²) < 4.78 is 15.3. The fraction of sp³-hybridized carbons (Fsp3) is 0.333. The van der Waals surface area contributed by atoms with E-state index in [-0.39, 0.29) is 11.5 Å². The van der Waals surface area contributed by atoms with Crippen molar-refractivity contribution in [2.75, 3.05) is 27.2 Å². The Balaban J connectivity index is 2.54. The molecule has 1 aromatic rings. The molecule has 2 rings (SSSR count). The summed E-state index contributed by atoms with van der Waals surface area (Å²) >= 11 is 5.85. The summed E-state index contributed by atoms with van der Waals surface area (Å²) in [6, 6.07) is 3.95. The lowest BCUT2D eigenvalue weighted by Gasteiger charge is -2.28. The van der Waals surface area contributed by atoms with Crippen molar-refractivity contribution in [2.24, 2.45) is 0 Å². The van der Waals surface area contributed by atoms with Crippen LogP contribution in [-0.4, -0.2) is 39.2 Å². The van der Waals surface area contributed by atoms with Gasteiger partial charge in [0.1, 0.15) is 0 Å². The summed E-state index contributed by atoms with van der Waals surface area (Å²) in [7, 11) is 4.29. The van der Waals surface area contributed by atoms with Crippen molar-refractivity contribution in [2.45, 2.75) is 6.04 Å². The third kappa shape index (κ3) is 3.34. The van der Waals surface area contributed by atoms with E-state index in [1.165, 1.54) is 21.3 Å². The molecule has 2 amide bonds. The maximum absolute atomic E-state index is 12.1. The first-order chi connectivity index (χ1) is 11.0. The number of hydrogen-bond donors (Lipinski definition) is 2. The number of benzene rings is 1. The largest absolute Gasteiger partial charge is 0.493 e. The summed E-state index contributed by atoms with van der Waals surface area (Å²) in [5.41, 5.74) is 1.19. The molecule has 1 heterocycles. The van der Waals surface area contributed by atoms with Crippen molar-refractivity contribution >= 4 is 23.6 Å². The van der Waals surface area contributed by atoms with Crippen LogP contribution in [0.25, 0.3) is 0 Å². The number of nitrogens with one attached hydrogen (secondary N) is 2. The second-order valence-electron chi connectivity index (χ2n) is 4.66. The van der Waals surface area contributed by atoms with Gasteiger partial charge in [-0.1, -0.05) is 6.07 Å². The molecule has 0 spiro atoms. The maximum atomic E-state index is 12.1. The lowest BCUT2D eigenvalue weighted by atomic mass is 9.95. The number of allylic oxidation sites excluding steroid dienone is 1. The molecule has 0 aromatic heterocycles. The maximum Gasteiger partial charge on any atom is 0.338 e. The van der Waals surface area contributed by atoms with E-state index in [1.54, 1.807) is 18.2 Å². The van der Waals surface area contributed by atoms with Crippen LogP contribution >= 0.6 is 11.6 Å². The Morgan fingerprint density at radius 2 is 1.91 bits per heavy atom. The van der Waals surface area contributed by atoms with Crippen LogP contribution in [0.15, 0.2) is 29.5 Å². The minimum atomic E-state index is -0.704. The van der Waals surface area contributed by atoms with E-state index in [9.17, 15) is 9.59 Å². The van der Waals surface area contributed by atoms with Crippen LogP contribution in [0.4, 0.5) is 4.79 Å². The molecule has 8 heteroatoms. The highest BCUT2D eigenvalue weighted by Crippen LogP contribution is 2.34. The van der Waals surface area contributed by atoms with Gasteiger partial charge in [-0.2, -0.15) is 0 Å². The van der Waals surface area contributed by atoms with Crippen LogP contribution < -0.4 is 20.1 Å². The quantitative estimate of drug-likeness (QED) is 0.629. The van der Waals surface area contributed by atoms with Gasteiger partial charge in [0.15, 0.2) is 11.5 Å². The topological polar surface area (TPSA) is 85.9 Å². The molecule has 7 nitrogen and oxygen atoms in total. The molecule has 1 aliphatic rings. The summed E-state index contributed by atoms with van der Waals surface area (Å²) in [5.74, 6) is 0.418. The van der Waals surface area contributed by atoms with Crippen LogP contribution in [0.5, 0.6) is 11.5 Å². The van der Waals surface area contributed by atoms with Crippen molar-refractivity contribution in [1.29, 1.82) is 0 Å². The number of carbonyl (C=O) groups is 2. The Bertz CT molecular complexity index is 659. The Kier molecular flexibility index (Phi) is 5.33. The van der Waals surface area contributed by atoms with E-state index >= 15 is 0 Å². The molecule has 0 radical (unpaired) electrons. The van der Waals surface area contributed by atoms with Gasteiger partial charge in [0.05, 0.1) is 38.8 Å². The predicted molar refractivity (Wildman–Crippen MR) is 83.7 cm³/mol. The zero-order chi connectivity index (χ0) is 17.0. The standard InChI is InChI=1S/C15H17ClN2O5/c1-21-10-5-4-8(6-11(10)22-2)13-12(14(19)23-3)9(7-16)17-15(20)18-13/h4-6,13H,7H2,1-3H3,(H2,17,18,20)/t13-/m0/s1. The van der Waals surface area contributed by atoms with Gasteiger partial charge in [-0.15, -0.1) is 11.6 Å². The van der Waals surface area contributed by atoms with Gasteiger partial charge in [-0.3, -0.25) is 0 Å². The summed E-state index contributed by atoms with van der Waals surface area (Å²) in [4.78, 5) is 23.9. The van der Waals surface area contributed by atoms with Crippen LogP contribution in [0.2, 0.25) is 0 Å². The molecule has 124 valence electrons. The highest BCUT2D eigenvalue weighted by atomic mass is 35.5. The molecule has 0 fully saturated rings. The van der Waals surface area contributed by atoms with E-state index in [4.69, 9.17) is 25.8 Å².